The summed E-state index contributed by atoms with van der Waals surface area (Å²) in [7, 11) is 0. The number of carbonyl (C=O) groups is 1. The minimum absolute atomic E-state index is 0.0749. The fourth-order valence-electron chi connectivity index (χ4n) is 2.56. The zero-order valence-electron chi connectivity index (χ0n) is 11.9. The first-order chi connectivity index (χ1) is 9.74. The molecule has 1 N–H and O–H groups in total. The Balaban J connectivity index is 1.99. The van der Waals surface area contributed by atoms with E-state index < -0.39 is 0 Å². The Hall–Kier alpha value is -2.02. The summed E-state index contributed by atoms with van der Waals surface area (Å²) in [6, 6.07) is 9.71. The van der Waals surface area contributed by atoms with Gasteiger partial charge in [-0.15, -0.1) is 0 Å². The zero-order chi connectivity index (χ0) is 14.4. The predicted molar refractivity (Wildman–Crippen MR) is 79.4 cm³/mol. The van der Waals surface area contributed by atoms with Crippen molar-refractivity contribution in [2.75, 3.05) is 24.5 Å². The molecule has 1 aliphatic rings. The molecule has 1 saturated heterocycles. The monoisotopic (exact) mass is 271 g/mol. The van der Waals surface area contributed by atoms with Crippen LogP contribution in [0.2, 0.25) is 0 Å². The molecule has 1 aromatic carbocycles. The molecule has 106 valence electrons. The molecular formula is C16H21N3O. The van der Waals surface area contributed by atoms with Crippen molar-refractivity contribution in [3.63, 3.8) is 0 Å². The number of nitriles is 1. The van der Waals surface area contributed by atoms with Crippen molar-refractivity contribution in [1.82, 2.24) is 5.32 Å². The van der Waals surface area contributed by atoms with Crippen LogP contribution in [0.1, 0.15) is 31.7 Å². The first-order valence-corrected chi connectivity index (χ1v) is 7.27. The molecule has 4 heteroatoms. The van der Waals surface area contributed by atoms with E-state index in [4.69, 9.17) is 5.26 Å². The summed E-state index contributed by atoms with van der Waals surface area (Å²) in [4.78, 5) is 14.3. The number of nitrogens with zero attached hydrogens (tertiary/aromatic N) is 2. The molecule has 1 heterocycles. The van der Waals surface area contributed by atoms with Crippen LogP contribution in [0.25, 0.3) is 0 Å². The number of rotatable bonds is 4. The van der Waals surface area contributed by atoms with E-state index in [9.17, 15) is 4.79 Å². The third-order valence-corrected chi connectivity index (χ3v) is 3.70. The van der Waals surface area contributed by atoms with Crippen LogP contribution >= 0.6 is 0 Å². The van der Waals surface area contributed by atoms with Gasteiger partial charge >= 0.3 is 0 Å². The highest BCUT2D eigenvalue weighted by Crippen LogP contribution is 2.23. The Morgan fingerprint density at radius 2 is 2.20 bits per heavy atom. The first kappa shape index (κ1) is 14.4. The Labute approximate surface area is 120 Å². The maximum atomic E-state index is 12.1. The fourth-order valence-corrected chi connectivity index (χ4v) is 2.56. The number of anilines is 1. The topological polar surface area (TPSA) is 56.1 Å². The second-order valence-electron chi connectivity index (χ2n) is 5.23. The molecule has 1 fully saturated rings. The predicted octanol–water partition coefficient (Wildman–Crippen LogP) is 2.30. The van der Waals surface area contributed by atoms with Crippen molar-refractivity contribution in [3.8, 4) is 6.07 Å². The second kappa shape index (κ2) is 6.95. The summed E-state index contributed by atoms with van der Waals surface area (Å²) < 4.78 is 0. The highest BCUT2D eigenvalue weighted by atomic mass is 16.1. The number of amides is 1. The van der Waals surface area contributed by atoms with Crippen LogP contribution in [0.3, 0.4) is 0 Å². The Morgan fingerprint density at radius 1 is 1.45 bits per heavy atom. The van der Waals surface area contributed by atoms with Gasteiger partial charge in [0.05, 0.1) is 17.6 Å². The van der Waals surface area contributed by atoms with Crippen molar-refractivity contribution in [2.24, 2.45) is 5.92 Å². The summed E-state index contributed by atoms with van der Waals surface area (Å²) >= 11 is 0. The maximum Gasteiger partial charge on any atom is 0.224 e. The molecule has 1 atom stereocenters. The number of piperidine rings is 1. The molecule has 4 nitrogen and oxygen atoms in total. The van der Waals surface area contributed by atoms with Crippen LogP contribution in [0.5, 0.6) is 0 Å². The zero-order valence-corrected chi connectivity index (χ0v) is 11.9. The van der Waals surface area contributed by atoms with Gasteiger partial charge in [0.15, 0.2) is 0 Å². The van der Waals surface area contributed by atoms with Crippen molar-refractivity contribution >= 4 is 11.6 Å². The van der Waals surface area contributed by atoms with Crippen molar-refractivity contribution in [3.05, 3.63) is 29.8 Å². The molecule has 0 saturated carbocycles. The third-order valence-electron chi connectivity index (χ3n) is 3.70. The second-order valence-corrected chi connectivity index (χ2v) is 5.23. The molecule has 0 aromatic heterocycles. The smallest absolute Gasteiger partial charge is 0.224 e. The number of benzene rings is 1. The van der Waals surface area contributed by atoms with E-state index >= 15 is 0 Å². The molecule has 1 unspecified atom stereocenters. The van der Waals surface area contributed by atoms with Gasteiger partial charge in [-0.25, -0.2) is 0 Å². The molecule has 20 heavy (non-hydrogen) atoms. The van der Waals surface area contributed by atoms with E-state index in [1.807, 2.05) is 24.3 Å². The minimum atomic E-state index is 0.0749. The number of carbonyl (C=O) groups excluding carboxylic acids is 1. The number of nitrogens with one attached hydrogen (secondary N) is 1. The van der Waals surface area contributed by atoms with Crippen LogP contribution in [-0.2, 0) is 4.79 Å². The van der Waals surface area contributed by atoms with Gasteiger partial charge in [-0.3, -0.25) is 4.79 Å². The summed E-state index contributed by atoms with van der Waals surface area (Å²) in [5, 5.41) is 11.8. The van der Waals surface area contributed by atoms with Gasteiger partial charge in [0, 0.05) is 25.3 Å². The third kappa shape index (κ3) is 3.51. The molecule has 0 aliphatic carbocycles. The lowest BCUT2D eigenvalue weighted by Gasteiger charge is -2.33. The van der Waals surface area contributed by atoms with Crippen LogP contribution in [0.15, 0.2) is 24.3 Å². The lowest BCUT2D eigenvalue weighted by atomic mass is 9.96. The molecule has 0 spiro atoms. The van der Waals surface area contributed by atoms with Gasteiger partial charge in [0.1, 0.15) is 0 Å². The van der Waals surface area contributed by atoms with E-state index in [-0.39, 0.29) is 11.8 Å². The molecule has 1 aliphatic heterocycles. The average molecular weight is 271 g/mol. The van der Waals surface area contributed by atoms with Gasteiger partial charge in [0.2, 0.25) is 5.91 Å². The van der Waals surface area contributed by atoms with Crippen LogP contribution in [-0.4, -0.2) is 25.5 Å². The normalized spacial score (nSPS) is 18.4. The number of hydrogen-bond donors (Lipinski definition) is 1. The molecular weight excluding hydrogens is 250 g/mol. The summed E-state index contributed by atoms with van der Waals surface area (Å²) in [5.74, 6) is 0.246. The standard InChI is InChI=1S/C16H21N3O/c1-2-9-18-16(20)14-4-3-10-19(12-14)15-7-5-13(11-17)6-8-15/h5-8,14H,2-4,9-10,12H2,1H3,(H,18,20). The van der Waals surface area contributed by atoms with Gasteiger partial charge < -0.3 is 10.2 Å². The quantitative estimate of drug-likeness (QED) is 0.914. The van der Waals surface area contributed by atoms with Crippen LogP contribution in [0, 0.1) is 17.2 Å². The van der Waals surface area contributed by atoms with Crippen LogP contribution in [0.4, 0.5) is 5.69 Å². The van der Waals surface area contributed by atoms with Gasteiger partial charge in [-0.2, -0.15) is 5.26 Å². The summed E-state index contributed by atoms with van der Waals surface area (Å²) in [6.07, 6.45) is 2.96. The van der Waals surface area contributed by atoms with E-state index in [1.54, 1.807) is 0 Å². The first-order valence-electron chi connectivity index (χ1n) is 7.27. The average Bonchev–Trinajstić information content (AvgIpc) is 2.52. The Kier molecular flexibility index (Phi) is 5.00. The van der Waals surface area contributed by atoms with E-state index in [2.05, 4.69) is 23.2 Å². The largest absolute Gasteiger partial charge is 0.371 e. The lowest BCUT2D eigenvalue weighted by Crippen LogP contribution is -2.43. The minimum Gasteiger partial charge on any atom is -0.371 e. The summed E-state index contributed by atoms with van der Waals surface area (Å²) in [5.41, 5.74) is 1.76. The van der Waals surface area contributed by atoms with Crippen molar-refractivity contribution in [1.29, 1.82) is 5.26 Å². The maximum absolute atomic E-state index is 12.1. The number of hydrogen-bond acceptors (Lipinski definition) is 3. The molecule has 2 rings (SSSR count). The van der Waals surface area contributed by atoms with Gasteiger partial charge in [-0.05, 0) is 43.5 Å². The molecule has 1 amide bonds. The van der Waals surface area contributed by atoms with Crippen molar-refractivity contribution < 1.29 is 4.79 Å². The van der Waals surface area contributed by atoms with Crippen LogP contribution < -0.4 is 10.2 Å². The summed E-state index contributed by atoms with van der Waals surface area (Å²) in [6.45, 7) is 4.56. The van der Waals surface area contributed by atoms with Gasteiger partial charge in [-0.1, -0.05) is 6.92 Å². The van der Waals surface area contributed by atoms with E-state index in [1.165, 1.54) is 0 Å². The molecule has 0 bridgehead atoms. The Bertz CT molecular complexity index is 489. The highest BCUT2D eigenvalue weighted by Gasteiger charge is 2.25. The van der Waals surface area contributed by atoms with E-state index in [0.717, 1.165) is 44.6 Å². The van der Waals surface area contributed by atoms with E-state index in [0.29, 0.717) is 5.56 Å². The molecule has 1 aromatic rings. The highest BCUT2D eigenvalue weighted by molar-refractivity contribution is 5.79. The Morgan fingerprint density at radius 3 is 2.85 bits per heavy atom. The lowest BCUT2D eigenvalue weighted by molar-refractivity contribution is -0.125. The van der Waals surface area contributed by atoms with Crippen molar-refractivity contribution in [2.45, 2.75) is 26.2 Å². The van der Waals surface area contributed by atoms with Gasteiger partial charge in [0.25, 0.3) is 0 Å². The fraction of sp³-hybridized carbons (Fsp3) is 0.500. The SMILES string of the molecule is CCCNC(=O)C1CCCN(c2ccc(C#N)cc2)C1. The molecule has 0 radical (unpaired) electrons.